The summed E-state index contributed by atoms with van der Waals surface area (Å²) in [5.74, 6) is -0.0282. The third-order valence-electron chi connectivity index (χ3n) is 3.58. The summed E-state index contributed by atoms with van der Waals surface area (Å²) in [6, 6.07) is 9.63. The van der Waals surface area contributed by atoms with E-state index in [4.69, 9.17) is 0 Å². The first-order valence-corrected chi connectivity index (χ1v) is 6.40. The Labute approximate surface area is 107 Å². The number of benzene rings is 1. The molecule has 0 aromatic heterocycles. The van der Waals surface area contributed by atoms with Crippen LogP contribution in [0.3, 0.4) is 0 Å². The van der Waals surface area contributed by atoms with E-state index in [1.54, 1.807) is 5.01 Å². The molecule has 0 saturated heterocycles. The maximum atomic E-state index is 12.5. The van der Waals surface area contributed by atoms with Crippen molar-refractivity contribution in [1.29, 1.82) is 0 Å². The van der Waals surface area contributed by atoms with E-state index in [0.717, 1.165) is 30.7 Å². The zero-order valence-corrected chi connectivity index (χ0v) is 10.5. The zero-order chi connectivity index (χ0) is 12.5. The Bertz CT molecular complexity index is 531. The summed E-state index contributed by atoms with van der Waals surface area (Å²) in [4.78, 5) is 12.5. The first kappa shape index (κ1) is 11.2. The van der Waals surface area contributed by atoms with E-state index in [1.165, 1.54) is 5.57 Å². The molecule has 0 fully saturated rings. The molecule has 1 amide bonds. The minimum Gasteiger partial charge on any atom is -0.271 e. The van der Waals surface area contributed by atoms with Crippen molar-refractivity contribution in [3.05, 3.63) is 42.0 Å². The fourth-order valence-electron chi connectivity index (χ4n) is 2.70. The zero-order valence-electron chi connectivity index (χ0n) is 10.5. The highest BCUT2D eigenvalue weighted by Gasteiger charge is 2.37. The number of hydrazone groups is 1. The minimum absolute atomic E-state index is 0.0897. The van der Waals surface area contributed by atoms with E-state index in [-0.39, 0.29) is 11.8 Å². The molecule has 0 radical (unpaired) electrons. The summed E-state index contributed by atoms with van der Waals surface area (Å²) in [6.45, 7) is 1.95. The molecule has 1 aromatic carbocycles. The first-order chi connectivity index (χ1) is 8.77. The number of carbonyl (C=O) groups is 1. The largest absolute Gasteiger partial charge is 0.271 e. The number of para-hydroxylation sites is 1. The van der Waals surface area contributed by atoms with Crippen molar-refractivity contribution in [2.24, 2.45) is 11.0 Å². The average molecular weight is 240 g/mol. The third-order valence-corrected chi connectivity index (χ3v) is 3.58. The van der Waals surface area contributed by atoms with Crippen molar-refractivity contribution in [2.75, 3.05) is 5.01 Å². The van der Waals surface area contributed by atoms with Crippen LogP contribution in [-0.4, -0.2) is 11.6 Å². The molecule has 1 heterocycles. The van der Waals surface area contributed by atoms with Gasteiger partial charge in [0.1, 0.15) is 5.92 Å². The minimum atomic E-state index is -0.118. The van der Waals surface area contributed by atoms with Crippen molar-refractivity contribution < 1.29 is 4.79 Å². The summed E-state index contributed by atoms with van der Waals surface area (Å²) < 4.78 is 0. The Morgan fingerprint density at radius 2 is 2.06 bits per heavy atom. The van der Waals surface area contributed by atoms with E-state index in [1.807, 2.05) is 37.3 Å². The van der Waals surface area contributed by atoms with Gasteiger partial charge in [0.05, 0.1) is 11.4 Å². The number of rotatable bonds is 2. The molecular formula is C15H16N2O. The molecule has 1 atom stereocenters. The van der Waals surface area contributed by atoms with Crippen LogP contribution in [-0.2, 0) is 4.79 Å². The summed E-state index contributed by atoms with van der Waals surface area (Å²) >= 11 is 0. The number of allylic oxidation sites excluding steroid dienone is 1. The molecular weight excluding hydrogens is 224 g/mol. The van der Waals surface area contributed by atoms with Gasteiger partial charge >= 0.3 is 0 Å². The van der Waals surface area contributed by atoms with E-state index in [9.17, 15) is 4.79 Å². The highest BCUT2D eigenvalue weighted by atomic mass is 16.2. The molecule has 1 aromatic rings. The van der Waals surface area contributed by atoms with Crippen LogP contribution in [0.4, 0.5) is 5.69 Å². The Morgan fingerprint density at radius 3 is 2.72 bits per heavy atom. The van der Waals surface area contributed by atoms with Gasteiger partial charge in [-0.05, 0) is 38.3 Å². The maximum Gasteiger partial charge on any atom is 0.260 e. The molecule has 0 spiro atoms. The number of hydrogen-bond acceptors (Lipinski definition) is 2. The second-order valence-corrected chi connectivity index (χ2v) is 4.83. The van der Waals surface area contributed by atoms with Gasteiger partial charge in [-0.3, -0.25) is 4.79 Å². The predicted molar refractivity (Wildman–Crippen MR) is 72.5 cm³/mol. The van der Waals surface area contributed by atoms with Crippen LogP contribution in [0, 0.1) is 5.92 Å². The van der Waals surface area contributed by atoms with E-state index < -0.39 is 0 Å². The van der Waals surface area contributed by atoms with Gasteiger partial charge in [-0.25, -0.2) is 0 Å². The normalized spacial score (nSPS) is 23.3. The van der Waals surface area contributed by atoms with Crippen LogP contribution in [0.2, 0.25) is 0 Å². The summed E-state index contributed by atoms with van der Waals surface area (Å²) in [5, 5.41) is 5.97. The number of hydrogen-bond donors (Lipinski definition) is 0. The standard InChI is InChI=1S/C15H16N2O/c1-11-14(12-7-5-6-8-12)15(18)17(16-11)13-9-3-2-4-10-13/h2-4,7,9-10,14H,5-6,8H2,1H3. The summed E-state index contributed by atoms with van der Waals surface area (Å²) in [7, 11) is 0. The molecule has 0 saturated carbocycles. The molecule has 92 valence electrons. The lowest BCUT2D eigenvalue weighted by Crippen LogP contribution is -2.27. The maximum absolute atomic E-state index is 12.5. The van der Waals surface area contributed by atoms with Gasteiger partial charge in [-0.1, -0.05) is 29.8 Å². The molecule has 3 nitrogen and oxygen atoms in total. The number of carbonyl (C=O) groups excluding carboxylic acids is 1. The van der Waals surface area contributed by atoms with E-state index in [0.29, 0.717) is 0 Å². The van der Waals surface area contributed by atoms with Crippen molar-refractivity contribution in [3.8, 4) is 0 Å². The van der Waals surface area contributed by atoms with Crippen LogP contribution in [0.25, 0.3) is 0 Å². The van der Waals surface area contributed by atoms with Crippen LogP contribution in [0.1, 0.15) is 26.2 Å². The van der Waals surface area contributed by atoms with Crippen molar-refractivity contribution in [3.63, 3.8) is 0 Å². The van der Waals surface area contributed by atoms with Crippen molar-refractivity contribution in [2.45, 2.75) is 26.2 Å². The molecule has 2 aliphatic rings. The topological polar surface area (TPSA) is 32.7 Å². The Kier molecular flexibility index (Phi) is 2.74. The molecule has 18 heavy (non-hydrogen) atoms. The van der Waals surface area contributed by atoms with Gasteiger partial charge in [0.15, 0.2) is 0 Å². The van der Waals surface area contributed by atoms with Crippen LogP contribution >= 0.6 is 0 Å². The van der Waals surface area contributed by atoms with Crippen molar-refractivity contribution >= 4 is 17.3 Å². The summed E-state index contributed by atoms with van der Waals surface area (Å²) in [5.41, 5.74) is 3.01. The second kappa shape index (κ2) is 4.41. The first-order valence-electron chi connectivity index (χ1n) is 6.40. The Hall–Kier alpha value is -1.90. The fourth-order valence-corrected chi connectivity index (χ4v) is 2.70. The van der Waals surface area contributed by atoms with Gasteiger partial charge in [0.2, 0.25) is 0 Å². The Morgan fingerprint density at radius 1 is 1.28 bits per heavy atom. The second-order valence-electron chi connectivity index (χ2n) is 4.83. The fraction of sp³-hybridized carbons (Fsp3) is 0.333. The number of anilines is 1. The average Bonchev–Trinajstić information content (AvgIpc) is 2.99. The lowest BCUT2D eigenvalue weighted by molar-refractivity contribution is -0.119. The highest BCUT2D eigenvalue weighted by Crippen LogP contribution is 2.33. The molecule has 1 aliphatic carbocycles. The van der Waals surface area contributed by atoms with E-state index >= 15 is 0 Å². The molecule has 1 unspecified atom stereocenters. The highest BCUT2D eigenvalue weighted by molar-refractivity contribution is 6.16. The van der Waals surface area contributed by atoms with Crippen LogP contribution in [0.15, 0.2) is 47.1 Å². The van der Waals surface area contributed by atoms with Gasteiger partial charge in [-0.2, -0.15) is 10.1 Å². The molecule has 0 bridgehead atoms. The van der Waals surface area contributed by atoms with Gasteiger partial charge in [0, 0.05) is 0 Å². The lowest BCUT2D eigenvalue weighted by atomic mass is 9.94. The van der Waals surface area contributed by atoms with Crippen molar-refractivity contribution in [1.82, 2.24) is 0 Å². The smallest absolute Gasteiger partial charge is 0.260 e. The van der Waals surface area contributed by atoms with E-state index in [2.05, 4.69) is 11.2 Å². The number of nitrogens with zero attached hydrogens (tertiary/aromatic N) is 2. The van der Waals surface area contributed by atoms with Gasteiger partial charge in [0.25, 0.3) is 5.91 Å². The molecule has 3 heteroatoms. The number of amides is 1. The third kappa shape index (κ3) is 1.76. The molecule has 3 rings (SSSR count). The van der Waals surface area contributed by atoms with Crippen LogP contribution < -0.4 is 5.01 Å². The summed E-state index contributed by atoms with van der Waals surface area (Å²) in [6.07, 6.45) is 5.50. The van der Waals surface area contributed by atoms with Crippen LogP contribution in [0.5, 0.6) is 0 Å². The Balaban J connectivity index is 1.91. The monoisotopic (exact) mass is 240 g/mol. The lowest BCUT2D eigenvalue weighted by Gasteiger charge is -2.14. The molecule has 0 N–H and O–H groups in total. The van der Waals surface area contributed by atoms with Gasteiger partial charge < -0.3 is 0 Å². The quantitative estimate of drug-likeness (QED) is 0.731. The molecule has 1 aliphatic heterocycles. The SMILES string of the molecule is CC1=NN(c2ccccc2)C(=O)C1C1=CCCC1. The van der Waals surface area contributed by atoms with Gasteiger partial charge in [-0.15, -0.1) is 0 Å². The predicted octanol–water partition coefficient (Wildman–Crippen LogP) is 3.14.